The minimum atomic E-state index is 1.04. The standard InChI is InChI=1S/C12H15Br/c1-10-5-3-7-12(9-10)11(2)6-4-8-13/h3,5-7,9H,4,8H2,1-2H3/b11-6-. The highest BCUT2D eigenvalue weighted by Crippen LogP contribution is 2.15. The molecule has 0 aliphatic rings. The summed E-state index contributed by atoms with van der Waals surface area (Å²) in [5.41, 5.74) is 4.02. The van der Waals surface area contributed by atoms with E-state index in [1.165, 1.54) is 16.7 Å². The number of aryl methyl sites for hydroxylation is 1. The van der Waals surface area contributed by atoms with Crippen molar-refractivity contribution in [3.05, 3.63) is 41.5 Å². The predicted octanol–water partition coefficient (Wildman–Crippen LogP) is 4.18. The summed E-state index contributed by atoms with van der Waals surface area (Å²) in [5, 5.41) is 1.04. The summed E-state index contributed by atoms with van der Waals surface area (Å²) in [7, 11) is 0. The van der Waals surface area contributed by atoms with E-state index in [0.29, 0.717) is 0 Å². The van der Waals surface area contributed by atoms with Crippen molar-refractivity contribution in [1.82, 2.24) is 0 Å². The van der Waals surface area contributed by atoms with E-state index >= 15 is 0 Å². The molecule has 0 N–H and O–H groups in total. The van der Waals surface area contributed by atoms with Crippen LogP contribution < -0.4 is 0 Å². The number of hydrogen-bond acceptors (Lipinski definition) is 0. The van der Waals surface area contributed by atoms with E-state index < -0.39 is 0 Å². The third-order valence-corrected chi connectivity index (χ3v) is 2.49. The van der Waals surface area contributed by atoms with Gasteiger partial charge in [-0.25, -0.2) is 0 Å². The third-order valence-electron chi connectivity index (χ3n) is 2.03. The molecule has 0 saturated carbocycles. The first-order valence-corrected chi connectivity index (χ1v) is 5.66. The molecule has 0 unspecified atom stereocenters. The van der Waals surface area contributed by atoms with Crippen LogP contribution in [0.5, 0.6) is 0 Å². The molecule has 0 fully saturated rings. The van der Waals surface area contributed by atoms with Crippen LogP contribution in [0.1, 0.15) is 24.5 Å². The van der Waals surface area contributed by atoms with E-state index in [0.717, 1.165) is 11.8 Å². The summed E-state index contributed by atoms with van der Waals surface area (Å²) in [5.74, 6) is 0. The van der Waals surface area contributed by atoms with Crippen LogP contribution in [-0.4, -0.2) is 5.33 Å². The Morgan fingerprint density at radius 2 is 2.23 bits per heavy atom. The molecule has 1 rings (SSSR count). The molecule has 1 heteroatoms. The average Bonchev–Trinajstić information content (AvgIpc) is 2.14. The summed E-state index contributed by atoms with van der Waals surface area (Å²) in [6, 6.07) is 8.62. The molecule has 0 amide bonds. The summed E-state index contributed by atoms with van der Waals surface area (Å²) in [4.78, 5) is 0. The van der Waals surface area contributed by atoms with Crippen molar-refractivity contribution in [3.8, 4) is 0 Å². The van der Waals surface area contributed by atoms with Gasteiger partial charge in [-0.2, -0.15) is 0 Å². The zero-order valence-electron chi connectivity index (χ0n) is 8.18. The fourth-order valence-corrected chi connectivity index (χ4v) is 1.51. The molecular formula is C12H15Br. The monoisotopic (exact) mass is 238 g/mol. The molecule has 0 saturated heterocycles. The second kappa shape index (κ2) is 5.23. The molecule has 0 radical (unpaired) electrons. The van der Waals surface area contributed by atoms with Crippen molar-refractivity contribution in [2.45, 2.75) is 20.3 Å². The van der Waals surface area contributed by atoms with Crippen molar-refractivity contribution >= 4 is 21.5 Å². The van der Waals surface area contributed by atoms with E-state index in [-0.39, 0.29) is 0 Å². The Morgan fingerprint density at radius 3 is 2.85 bits per heavy atom. The molecule has 0 heterocycles. The first kappa shape index (κ1) is 10.5. The van der Waals surface area contributed by atoms with Crippen LogP contribution in [0, 0.1) is 6.92 Å². The van der Waals surface area contributed by atoms with E-state index in [1.54, 1.807) is 0 Å². The van der Waals surface area contributed by atoms with Crippen LogP contribution in [0.15, 0.2) is 30.3 Å². The number of rotatable bonds is 3. The molecule has 0 nitrogen and oxygen atoms in total. The zero-order chi connectivity index (χ0) is 9.68. The highest BCUT2D eigenvalue weighted by Gasteiger charge is 1.94. The molecule has 0 aliphatic carbocycles. The lowest BCUT2D eigenvalue weighted by molar-refractivity contribution is 1.25. The first-order chi connectivity index (χ1) is 6.24. The smallest absolute Gasteiger partial charge is 0.00661 e. The second-order valence-electron chi connectivity index (χ2n) is 3.23. The van der Waals surface area contributed by atoms with Gasteiger partial charge in [-0.1, -0.05) is 51.8 Å². The molecule has 13 heavy (non-hydrogen) atoms. The number of alkyl halides is 1. The van der Waals surface area contributed by atoms with Crippen molar-refractivity contribution in [3.63, 3.8) is 0 Å². The molecular weight excluding hydrogens is 224 g/mol. The van der Waals surface area contributed by atoms with Crippen molar-refractivity contribution in [1.29, 1.82) is 0 Å². The van der Waals surface area contributed by atoms with Gasteiger partial charge in [0.25, 0.3) is 0 Å². The normalized spacial score (nSPS) is 11.8. The second-order valence-corrected chi connectivity index (χ2v) is 4.03. The van der Waals surface area contributed by atoms with Gasteiger partial charge in [-0.3, -0.25) is 0 Å². The lowest BCUT2D eigenvalue weighted by Crippen LogP contribution is -1.81. The Hall–Kier alpha value is -0.560. The lowest BCUT2D eigenvalue weighted by Gasteiger charge is -2.02. The highest BCUT2D eigenvalue weighted by molar-refractivity contribution is 9.09. The van der Waals surface area contributed by atoms with Crippen LogP contribution in [-0.2, 0) is 0 Å². The highest BCUT2D eigenvalue weighted by atomic mass is 79.9. The van der Waals surface area contributed by atoms with E-state index in [9.17, 15) is 0 Å². The van der Waals surface area contributed by atoms with E-state index in [2.05, 4.69) is 60.1 Å². The van der Waals surface area contributed by atoms with E-state index in [1.807, 2.05) is 0 Å². The molecule has 0 spiro atoms. The number of allylic oxidation sites excluding steroid dienone is 2. The molecule has 1 aromatic carbocycles. The first-order valence-electron chi connectivity index (χ1n) is 4.54. The van der Waals surface area contributed by atoms with Crippen LogP contribution in [0.4, 0.5) is 0 Å². The number of benzene rings is 1. The Kier molecular flexibility index (Phi) is 4.23. The Bertz CT molecular complexity index is 300. The fourth-order valence-electron chi connectivity index (χ4n) is 1.28. The Labute approximate surface area is 88.8 Å². The Morgan fingerprint density at radius 1 is 1.46 bits per heavy atom. The molecule has 0 bridgehead atoms. The van der Waals surface area contributed by atoms with Gasteiger partial charge in [-0.05, 0) is 31.4 Å². The summed E-state index contributed by atoms with van der Waals surface area (Å²) < 4.78 is 0. The van der Waals surface area contributed by atoms with E-state index in [4.69, 9.17) is 0 Å². The van der Waals surface area contributed by atoms with Gasteiger partial charge in [0.15, 0.2) is 0 Å². The zero-order valence-corrected chi connectivity index (χ0v) is 9.76. The largest absolute Gasteiger partial charge is 0.0925 e. The van der Waals surface area contributed by atoms with Gasteiger partial charge >= 0.3 is 0 Å². The fraction of sp³-hybridized carbons (Fsp3) is 0.333. The minimum absolute atomic E-state index is 1.04. The van der Waals surface area contributed by atoms with Gasteiger partial charge in [0.05, 0.1) is 0 Å². The van der Waals surface area contributed by atoms with Crippen LogP contribution in [0.2, 0.25) is 0 Å². The van der Waals surface area contributed by atoms with Crippen LogP contribution >= 0.6 is 15.9 Å². The predicted molar refractivity (Wildman–Crippen MR) is 63.2 cm³/mol. The SMILES string of the molecule is C/C(=C/CCBr)c1cccc(C)c1. The van der Waals surface area contributed by atoms with Gasteiger partial charge in [0.1, 0.15) is 0 Å². The molecule has 70 valence electrons. The van der Waals surface area contributed by atoms with Gasteiger partial charge < -0.3 is 0 Å². The third kappa shape index (κ3) is 3.35. The summed E-state index contributed by atoms with van der Waals surface area (Å²) >= 11 is 3.42. The van der Waals surface area contributed by atoms with Gasteiger partial charge in [0, 0.05) is 5.33 Å². The van der Waals surface area contributed by atoms with Crippen molar-refractivity contribution < 1.29 is 0 Å². The lowest BCUT2D eigenvalue weighted by atomic mass is 10.0. The number of hydrogen-bond donors (Lipinski definition) is 0. The average molecular weight is 239 g/mol. The summed E-state index contributed by atoms with van der Waals surface area (Å²) in [6.45, 7) is 4.29. The maximum absolute atomic E-state index is 3.42. The maximum Gasteiger partial charge on any atom is 0.00661 e. The van der Waals surface area contributed by atoms with Crippen molar-refractivity contribution in [2.75, 3.05) is 5.33 Å². The molecule has 0 atom stereocenters. The summed E-state index contributed by atoms with van der Waals surface area (Å²) in [6.07, 6.45) is 3.36. The quantitative estimate of drug-likeness (QED) is 0.694. The van der Waals surface area contributed by atoms with Crippen molar-refractivity contribution in [2.24, 2.45) is 0 Å². The number of halogens is 1. The maximum atomic E-state index is 3.42. The molecule has 0 aromatic heterocycles. The van der Waals surface area contributed by atoms with Crippen LogP contribution in [0.25, 0.3) is 5.57 Å². The van der Waals surface area contributed by atoms with Gasteiger partial charge in [-0.15, -0.1) is 0 Å². The van der Waals surface area contributed by atoms with Gasteiger partial charge in [0.2, 0.25) is 0 Å². The topological polar surface area (TPSA) is 0 Å². The minimum Gasteiger partial charge on any atom is -0.0925 e. The molecule has 1 aromatic rings. The molecule has 0 aliphatic heterocycles. The Balaban J connectivity index is 2.82. The van der Waals surface area contributed by atoms with Crippen LogP contribution in [0.3, 0.4) is 0 Å².